The minimum atomic E-state index is -0.350. The molecule has 0 saturated heterocycles. The Hall–Kier alpha value is -1.00. The van der Waals surface area contributed by atoms with Crippen LogP contribution in [0, 0.1) is 0 Å². The van der Waals surface area contributed by atoms with Gasteiger partial charge in [-0.2, -0.15) is 11.8 Å². The zero-order valence-electron chi connectivity index (χ0n) is 10.1. The molecule has 1 aromatic carbocycles. The second-order valence-electron chi connectivity index (χ2n) is 4.35. The van der Waals surface area contributed by atoms with Crippen molar-refractivity contribution in [2.75, 3.05) is 12.0 Å². The number of hydrogen-bond donors (Lipinski definition) is 1. The van der Waals surface area contributed by atoms with E-state index in [0.717, 1.165) is 12.2 Å². The third kappa shape index (κ3) is 2.82. The van der Waals surface area contributed by atoms with Gasteiger partial charge in [0.25, 0.3) is 0 Å². The largest absolute Gasteiger partial charge is 0.333 e. The van der Waals surface area contributed by atoms with Gasteiger partial charge in [-0.1, -0.05) is 24.3 Å². The van der Waals surface area contributed by atoms with E-state index in [-0.39, 0.29) is 11.9 Å². The lowest BCUT2D eigenvalue weighted by Crippen LogP contribution is -2.41. The maximum Gasteiger partial charge on any atom is 0.240 e. The molecular formula is C13H18N2OS. The standard InChI is InChI=1S/C13H18N2OS/c1-17-7-6-12(14)13(16)15-8-10-4-2-3-5-11(10)9-15/h2-5,12H,6-9,14H2,1H3/t12-/m0/s1. The summed E-state index contributed by atoms with van der Waals surface area (Å²) in [6.07, 6.45) is 2.79. The molecule has 0 fully saturated rings. The highest BCUT2D eigenvalue weighted by atomic mass is 32.2. The number of nitrogens with two attached hydrogens (primary N) is 1. The van der Waals surface area contributed by atoms with E-state index in [1.54, 1.807) is 11.8 Å². The molecule has 0 radical (unpaired) electrons. The van der Waals surface area contributed by atoms with Crippen molar-refractivity contribution in [3.05, 3.63) is 35.4 Å². The number of amides is 1. The number of hydrogen-bond acceptors (Lipinski definition) is 3. The Morgan fingerprint density at radius 1 is 1.41 bits per heavy atom. The molecule has 3 nitrogen and oxygen atoms in total. The second-order valence-corrected chi connectivity index (χ2v) is 5.34. The van der Waals surface area contributed by atoms with E-state index in [9.17, 15) is 4.79 Å². The predicted octanol–water partition coefficient (Wildman–Crippen LogP) is 1.61. The topological polar surface area (TPSA) is 46.3 Å². The van der Waals surface area contributed by atoms with Gasteiger partial charge in [0.1, 0.15) is 0 Å². The number of nitrogens with zero attached hydrogens (tertiary/aromatic N) is 1. The number of fused-ring (bicyclic) bond motifs is 1. The van der Waals surface area contributed by atoms with Crippen LogP contribution in [0.5, 0.6) is 0 Å². The molecule has 0 spiro atoms. The van der Waals surface area contributed by atoms with E-state index in [0.29, 0.717) is 13.1 Å². The van der Waals surface area contributed by atoms with Crippen molar-refractivity contribution < 1.29 is 4.79 Å². The molecule has 4 heteroatoms. The van der Waals surface area contributed by atoms with Gasteiger partial charge < -0.3 is 10.6 Å². The molecular weight excluding hydrogens is 232 g/mol. The van der Waals surface area contributed by atoms with Crippen molar-refractivity contribution in [1.82, 2.24) is 4.90 Å². The third-order valence-electron chi connectivity index (χ3n) is 3.10. The highest BCUT2D eigenvalue weighted by Crippen LogP contribution is 2.22. The van der Waals surface area contributed by atoms with Gasteiger partial charge in [0.15, 0.2) is 0 Å². The number of carbonyl (C=O) groups excluding carboxylic acids is 1. The van der Waals surface area contributed by atoms with Crippen LogP contribution in [-0.2, 0) is 17.9 Å². The first-order valence-corrected chi connectivity index (χ1v) is 7.22. The van der Waals surface area contributed by atoms with Crippen molar-refractivity contribution in [1.29, 1.82) is 0 Å². The zero-order chi connectivity index (χ0) is 12.3. The summed E-state index contributed by atoms with van der Waals surface area (Å²) < 4.78 is 0. The van der Waals surface area contributed by atoms with Crippen LogP contribution in [0.1, 0.15) is 17.5 Å². The van der Waals surface area contributed by atoms with Crippen LogP contribution in [0.3, 0.4) is 0 Å². The smallest absolute Gasteiger partial charge is 0.240 e. The van der Waals surface area contributed by atoms with Gasteiger partial charge in [-0.3, -0.25) is 4.79 Å². The molecule has 2 rings (SSSR count). The van der Waals surface area contributed by atoms with Gasteiger partial charge in [-0.05, 0) is 29.6 Å². The molecule has 1 heterocycles. The lowest BCUT2D eigenvalue weighted by Gasteiger charge is -2.20. The average Bonchev–Trinajstić information content (AvgIpc) is 2.78. The highest BCUT2D eigenvalue weighted by Gasteiger charge is 2.26. The van der Waals surface area contributed by atoms with Crippen LogP contribution < -0.4 is 5.73 Å². The van der Waals surface area contributed by atoms with Crippen molar-refractivity contribution in [3.63, 3.8) is 0 Å². The average molecular weight is 250 g/mol. The molecule has 0 unspecified atom stereocenters. The van der Waals surface area contributed by atoms with Crippen molar-refractivity contribution in [3.8, 4) is 0 Å². The van der Waals surface area contributed by atoms with Crippen LogP contribution in [0.25, 0.3) is 0 Å². The van der Waals surface area contributed by atoms with Crippen LogP contribution in [-0.4, -0.2) is 28.9 Å². The Labute approximate surface area is 106 Å². The Kier molecular flexibility index (Phi) is 4.07. The summed E-state index contributed by atoms with van der Waals surface area (Å²) >= 11 is 1.73. The van der Waals surface area contributed by atoms with Crippen molar-refractivity contribution in [2.24, 2.45) is 5.73 Å². The molecule has 0 bridgehead atoms. The summed E-state index contributed by atoms with van der Waals surface area (Å²) in [5.41, 5.74) is 8.41. The summed E-state index contributed by atoms with van der Waals surface area (Å²) in [5, 5.41) is 0. The Balaban J connectivity index is 1.96. The van der Waals surface area contributed by atoms with Crippen LogP contribution in [0.4, 0.5) is 0 Å². The van der Waals surface area contributed by atoms with Gasteiger partial charge in [0, 0.05) is 13.1 Å². The SMILES string of the molecule is CSCC[C@H](N)C(=O)N1Cc2ccccc2C1. The van der Waals surface area contributed by atoms with E-state index in [2.05, 4.69) is 12.1 Å². The zero-order valence-corrected chi connectivity index (χ0v) is 10.9. The third-order valence-corrected chi connectivity index (χ3v) is 3.75. The maximum absolute atomic E-state index is 12.1. The van der Waals surface area contributed by atoms with Gasteiger partial charge >= 0.3 is 0 Å². The van der Waals surface area contributed by atoms with Crippen molar-refractivity contribution >= 4 is 17.7 Å². The summed E-state index contributed by atoms with van der Waals surface area (Å²) in [7, 11) is 0. The number of thioether (sulfide) groups is 1. The van der Waals surface area contributed by atoms with Gasteiger partial charge in [-0.25, -0.2) is 0 Å². The van der Waals surface area contributed by atoms with E-state index in [1.807, 2.05) is 23.3 Å². The van der Waals surface area contributed by atoms with E-state index >= 15 is 0 Å². The molecule has 0 aliphatic carbocycles. The van der Waals surface area contributed by atoms with Crippen LogP contribution in [0.15, 0.2) is 24.3 Å². The first-order valence-electron chi connectivity index (χ1n) is 5.82. The van der Waals surface area contributed by atoms with E-state index in [4.69, 9.17) is 5.73 Å². The molecule has 1 aliphatic rings. The molecule has 1 aromatic rings. The minimum Gasteiger partial charge on any atom is -0.333 e. The number of benzene rings is 1. The normalized spacial score (nSPS) is 15.8. The monoisotopic (exact) mass is 250 g/mol. The fourth-order valence-corrected chi connectivity index (χ4v) is 2.58. The number of carbonyl (C=O) groups is 1. The Morgan fingerprint density at radius 2 is 2.00 bits per heavy atom. The Morgan fingerprint density at radius 3 is 2.53 bits per heavy atom. The van der Waals surface area contributed by atoms with Gasteiger partial charge in [-0.15, -0.1) is 0 Å². The minimum absolute atomic E-state index is 0.0789. The fourth-order valence-electron chi connectivity index (χ4n) is 2.09. The van der Waals surface area contributed by atoms with Gasteiger partial charge in [0.2, 0.25) is 5.91 Å². The Bertz CT molecular complexity index is 383. The van der Waals surface area contributed by atoms with Crippen LogP contribution >= 0.6 is 11.8 Å². The molecule has 0 aromatic heterocycles. The maximum atomic E-state index is 12.1. The molecule has 92 valence electrons. The summed E-state index contributed by atoms with van der Waals surface area (Å²) in [6.45, 7) is 1.42. The summed E-state index contributed by atoms with van der Waals surface area (Å²) in [6, 6.07) is 7.84. The van der Waals surface area contributed by atoms with Crippen LogP contribution in [0.2, 0.25) is 0 Å². The lowest BCUT2D eigenvalue weighted by molar-refractivity contribution is -0.133. The molecule has 2 N–H and O–H groups in total. The highest BCUT2D eigenvalue weighted by molar-refractivity contribution is 7.98. The first-order chi connectivity index (χ1) is 8.22. The molecule has 1 atom stereocenters. The molecule has 1 aliphatic heterocycles. The summed E-state index contributed by atoms with van der Waals surface area (Å²) in [5.74, 6) is 1.02. The quantitative estimate of drug-likeness (QED) is 0.883. The predicted molar refractivity (Wildman–Crippen MR) is 71.7 cm³/mol. The first kappa shape index (κ1) is 12.5. The van der Waals surface area contributed by atoms with E-state index < -0.39 is 0 Å². The van der Waals surface area contributed by atoms with Gasteiger partial charge in [0.05, 0.1) is 6.04 Å². The van der Waals surface area contributed by atoms with E-state index in [1.165, 1.54) is 11.1 Å². The molecule has 17 heavy (non-hydrogen) atoms. The fraction of sp³-hybridized carbons (Fsp3) is 0.462. The lowest BCUT2D eigenvalue weighted by atomic mass is 10.1. The second kappa shape index (κ2) is 5.56. The van der Waals surface area contributed by atoms with Crippen molar-refractivity contribution in [2.45, 2.75) is 25.6 Å². The molecule has 1 amide bonds. The number of rotatable bonds is 4. The molecule has 0 saturated carbocycles. The summed E-state index contributed by atoms with van der Waals surface area (Å²) in [4.78, 5) is 14.0.